The van der Waals surface area contributed by atoms with Crippen LogP contribution in [-0.4, -0.2) is 32.3 Å². The predicted molar refractivity (Wildman–Crippen MR) is 80.7 cm³/mol. The smallest absolute Gasteiger partial charge is 0.237 e. The number of hydrogen-bond donors (Lipinski definition) is 2. The first kappa shape index (κ1) is 17.1. The number of amides is 1. The molecule has 21 heavy (non-hydrogen) atoms. The molecule has 0 fully saturated rings. The first-order valence-corrected chi connectivity index (χ1v) is 6.83. The van der Waals surface area contributed by atoms with Gasteiger partial charge >= 0.3 is 0 Å². The molecule has 0 spiro atoms. The number of primary amides is 1. The van der Waals surface area contributed by atoms with Crippen LogP contribution in [0.25, 0.3) is 0 Å². The molecule has 1 amide bonds. The highest BCUT2D eigenvalue weighted by molar-refractivity contribution is 5.83. The lowest BCUT2D eigenvalue weighted by Crippen LogP contribution is -2.49. The van der Waals surface area contributed by atoms with Crippen molar-refractivity contribution in [2.24, 2.45) is 11.5 Å². The van der Waals surface area contributed by atoms with Crippen LogP contribution >= 0.6 is 0 Å². The lowest BCUT2D eigenvalue weighted by Gasteiger charge is -2.20. The van der Waals surface area contributed by atoms with E-state index in [-0.39, 0.29) is 0 Å². The predicted octanol–water partition coefficient (Wildman–Crippen LogP) is 1.46. The quantitative estimate of drug-likeness (QED) is 0.672. The van der Waals surface area contributed by atoms with Crippen molar-refractivity contribution < 1.29 is 19.0 Å². The number of methoxy groups -OCH3 is 2. The van der Waals surface area contributed by atoms with Gasteiger partial charge in [-0.2, -0.15) is 0 Å². The summed E-state index contributed by atoms with van der Waals surface area (Å²) in [5.41, 5.74) is 10.0. The van der Waals surface area contributed by atoms with E-state index in [9.17, 15) is 4.79 Å². The van der Waals surface area contributed by atoms with Crippen molar-refractivity contribution in [2.75, 3.05) is 20.8 Å². The maximum Gasteiger partial charge on any atom is 0.237 e. The molecule has 1 aromatic rings. The molecule has 4 N–H and O–H groups in total. The molecule has 6 nitrogen and oxygen atoms in total. The van der Waals surface area contributed by atoms with Crippen molar-refractivity contribution in [1.29, 1.82) is 0 Å². The van der Waals surface area contributed by atoms with Gasteiger partial charge in [0, 0.05) is 18.2 Å². The van der Waals surface area contributed by atoms with Crippen molar-refractivity contribution in [3.63, 3.8) is 0 Å². The van der Waals surface area contributed by atoms with E-state index in [0.29, 0.717) is 30.3 Å². The molecule has 0 saturated heterocycles. The van der Waals surface area contributed by atoms with Gasteiger partial charge in [-0.1, -0.05) is 0 Å². The van der Waals surface area contributed by atoms with Crippen LogP contribution in [0.5, 0.6) is 17.2 Å². The SMILES string of the molecule is COc1cc(OC)cc(OCCCCC(C)(N)C(N)=O)c1. The molecule has 1 aromatic carbocycles. The number of unbranched alkanes of at least 4 members (excludes halogenated alkanes) is 1. The largest absolute Gasteiger partial charge is 0.496 e. The van der Waals surface area contributed by atoms with Gasteiger partial charge in [0.2, 0.25) is 5.91 Å². The molecule has 6 heteroatoms. The molecule has 1 rings (SSSR count). The van der Waals surface area contributed by atoms with Gasteiger partial charge in [-0.15, -0.1) is 0 Å². The molecule has 0 aromatic heterocycles. The van der Waals surface area contributed by atoms with Crippen LogP contribution in [0.15, 0.2) is 18.2 Å². The number of nitrogens with two attached hydrogens (primary N) is 2. The summed E-state index contributed by atoms with van der Waals surface area (Å²) in [6, 6.07) is 5.36. The summed E-state index contributed by atoms with van der Waals surface area (Å²) in [4.78, 5) is 11.1. The summed E-state index contributed by atoms with van der Waals surface area (Å²) >= 11 is 0. The molecule has 1 atom stereocenters. The normalized spacial score (nSPS) is 13.3. The summed E-state index contributed by atoms with van der Waals surface area (Å²) in [6.45, 7) is 2.16. The Kier molecular flexibility index (Phi) is 6.30. The van der Waals surface area contributed by atoms with Crippen molar-refractivity contribution in [3.8, 4) is 17.2 Å². The van der Waals surface area contributed by atoms with E-state index in [0.717, 1.165) is 12.8 Å². The Hall–Kier alpha value is -1.95. The number of carbonyl (C=O) groups is 1. The average Bonchev–Trinajstić information content (AvgIpc) is 2.46. The van der Waals surface area contributed by atoms with Gasteiger partial charge in [0.05, 0.1) is 26.4 Å². The van der Waals surface area contributed by atoms with Gasteiger partial charge in [0.1, 0.15) is 17.2 Å². The average molecular weight is 296 g/mol. The van der Waals surface area contributed by atoms with E-state index in [4.69, 9.17) is 25.7 Å². The maximum atomic E-state index is 11.1. The molecule has 0 aliphatic carbocycles. The number of rotatable bonds is 9. The van der Waals surface area contributed by atoms with Gasteiger partial charge < -0.3 is 25.7 Å². The monoisotopic (exact) mass is 296 g/mol. The van der Waals surface area contributed by atoms with Crippen molar-refractivity contribution in [1.82, 2.24) is 0 Å². The number of ether oxygens (including phenoxy) is 3. The van der Waals surface area contributed by atoms with Gasteiger partial charge in [-0.3, -0.25) is 4.79 Å². The van der Waals surface area contributed by atoms with Crippen molar-refractivity contribution in [2.45, 2.75) is 31.7 Å². The molecule has 0 radical (unpaired) electrons. The topological polar surface area (TPSA) is 96.8 Å². The van der Waals surface area contributed by atoms with Gasteiger partial charge in [-0.05, 0) is 26.2 Å². The van der Waals surface area contributed by atoms with Gasteiger partial charge in [0.25, 0.3) is 0 Å². The zero-order valence-electron chi connectivity index (χ0n) is 12.8. The molecule has 118 valence electrons. The van der Waals surface area contributed by atoms with Crippen LogP contribution in [0.2, 0.25) is 0 Å². The lowest BCUT2D eigenvalue weighted by atomic mass is 9.96. The maximum absolute atomic E-state index is 11.1. The minimum Gasteiger partial charge on any atom is -0.496 e. The van der Waals surface area contributed by atoms with Gasteiger partial charge in [0.15, 0.2) is 0 Å². The second-order valence-corrected chi connectivity index (χ2v) is 5.14. The summed E-state index contributed by atoms with van der Waals surface area (Å²) in [5.74, 6) is 1.54. The number of hydrogen-bond acceptors (Lipinski definition) is 5. The van der Waals surface area contributed by atoms with Crippen LogP contribution in [-0.2, 0) is 4.79 Å². The second kappa shape index (κ2) is 7.73. The summed E-state index contributed by atoms with van der Waals surface area (Å²) in [5, 5.41) is 0. The molecular formula is C15H24N2O4. The molecule has 0 heterocycles. The Labute approximate surface area is 125 Å². The van der Waals surface area contributed by atoms with E-state index in [1.165, 1.54) is 0 Å². The molecule has 0 saturated carbocycles. The standard InChI is InChI=1S/C15H24N2O4/c1-15(17,14(16)18)6-4-5-7-21-13-9-11(19-2)8-12(10-13)20-3/h8-10H,4-7,17H2,1-3H3,(H2,16,18). The second-order valence-electron chi connectivity index (χ2n) is 5.14. The highest BCUT2D eigenvalue weighted by atomic mass is 16.5. The number of carbonyl (C=O) groups excluding carboxylic acids is 1. The van der Waals surface area contributed by atoms with E-state index in [1.54, 1.807) is 39.3 Å². The van der Waals surface area contributed by atoms with Crippen LogP contribution < -0.4 is 25.7 Å². The van der Waals surface area contributed by atoms with Crippen LogP contribution in [0.1, 0.15) is 26.2 Å². The van der Waals surface area contributed by atoms with Gasteiger partial charge in [-0.25, -0.2) is 0 Å². The third-order valence-corrected chi connectivity index (χ3v) is 3.25. The minimum absolute atomic E-state index is 0.485. The molecule has 0 aliphatic rings. The molecule has 0 aliphatic heterocycles. The van der Waals surface area contributed by atoms with Crippen molar-refractivity contribution >= 4 is 5.91 Å². The zero-order chi connectivity index (χ0) is 15.9. The Morgan fingerprint density at radius 1 is 1.10 bits per heavy atom. The lowest BCUT2D eigenvalue weighted by molar-refractivity contribution is -0.122. The Morgan fingerprint density at radius 2 is 1.62 bits per heavy atom. The first-order chi connectivity index (χ1) is 9.89. The fourth-order valence-corrected chi connectivity index (χ4v) is 1.77. The summed E-state index contributed by atoms with van der Waals surface area (Å²) in [6.07, 6.45) is 2.07. The molecule has 1 unspecified atom stereocenters. The first-order valence-electron chi connectivity index (χ1n) is 6.83. The van der Waals surface area contributed by atoms with E-state index in [2.05, 4.69) is 0 Å². The van der Waals surface area contributed by atoms with E-state index in [1.807, 2.05) is 0 Å². The third-order valence-electron chi connectivity index (χ3n) is 3.25. The third kappa shape index (κ3) is 5.51. The van der Waals surface area contributed by atoms with E-state index < -0.39 is 11.4 Å². The van der Waals surface area contributed by atoms with Crippen LogP contribution in [0.4, 0.5) is 0 Å². The summed E-state index contributed by atoms with van der Waals surface area (Å²) < 4.78 is 16.0. The molecule has 0 bridgehead atoms. The van der Waals surface area contributed by atoms with Crippen LogP contribution in [0.3, 0.4) is 0 Å². The summed E-state index contributed by atoms with van der Waals surface area (Å²) in [7, 11) is 3.18. The Balaban J connectivity index is 2.41. The highest BCUT2D eigenvalue weighted by Gasteiger charge is 2.24. The van der Waals surface area contributed by atoms with Crippen molar-refractivity contribution in [3.05, 3.63) is 18.2 Å². The fraction of sp³-hybridized carbons (Fsp3) is 0.533. The van der Waals surface area contributed by atoms with Crippen LogP contribution in [0, 0.1) is 0 Å². The zero-order valence-corrected chi connectivity index (χ0v) is 12.8. The number of benzene rings is 1. The Bertz CT molecular complexity index is 452. The minimum atomic E-state index is -0.959. The molecular weight excluding hydrogens is 272 g/mol. The Morgan fingerprint density at radius 3 is 2.10 bits per heavy atom. The highest BCUT2D eigenvalue weighted by Crippen LogP contribution is 2.27. The fourth-order valence-electron chi connectivity index (χ4n) is 1.77. The van der Waals surface area contributed by atoms with E-state index >= 15 is 0 Å².